The smallest absolute Gasteiger partial charge is 0.241 e. The molecule has 2 N–H and O–H groups in total. The molecule has 7 heteroatoms. The van der Waals surface area contributed by atoms with Gasteiger partial charge in [0.2, 0.25) is 10.0 Å². The van der Waals surface area contributed by atoms with Crippen LogP contribution >= 0.6 is 0 Å². The molecule has 0 fully saturated rings. The standard InChI is InChI=1S/C14H13F2NO3S/c15-12-6-5-10(13(16)7-12)8-17-21(19,20)14-4-2-1-3-11(14)9-18/h1-7,17-18H,8-9H2. The minimum Gasteiger partial charge on any atom is -0.392 e. The summed E-state index contributed by atoms with van der Waals surface area (Å²) in [6.45, 7) is -0.740. The number of sulfonamides is 1. The third kappa shape index (κ3) is 3.63. The first-order chi connectivity index (χ1) is 9.94. The van der Waals surface area contributed by atoms with Crippen molar-refractivity contribution in [3.8, 4) is 0 Å². The molecule has 0 aliphatic carbocycles. The number of benzene rings is 2. The van der Waals surface area contributed by atoms with E-state index in [1.807, 2.05) is 0 Å². The Balaban J connectivity index is 2.22. The van der Waals surface area contributed by atoms with Gasteiger partial charge >= 0.3 is 0 Å². The normalized spacial score (nSPS) is 11.6. The maximum atomic E-state index is 13.5. The van der Waals surface area contributed by atoms with E-state index in [9.17, 15) is 17.2 Å². The van der Waals surface area contributed by atoms with Crippen LogP contribution in [0.3, 0.4) is 0 Å². The molecule has 0 radical (unpaired) electrons. The lowest BCUT2D eigenvalue weighted by molar-refractivity contribution is 0.278. The fraction of sp³-hybridized carbons (Fsp3) is 0.143. The Bertz CT molecular complexity index is 748. The van der Waals surface area contributed by atoms with Gasteiger partial charge in [-0.25, -0.2) is 21.9 Å². The van der Waals surface area contributed by atoms with Crippen molar-refractivity contribution in [2.75, 3.05) is 0 Å². The van der Waals surface area contributed by atoms with Gasteiger partial charge in [0.15, 0.2) is 0 Å². The summed E-state index contributed by atoms with van der Waals surface area (Å²) in [6.07, 6.45) is 0. The van der Waals surface area contributed by atoms with Gasteiger partial charge in [0.1, 0.15) is 11.6 Å². The molecule has 0 unspecified atom stereocenters. The molecule has 0 spiro atoms. The third-order valence-electron chi connectivity index (χ3n) is 2.90. The minimum atomic E-state index is -3.90. The van der Waals surface area contributed by atoms with Gasteiger partial charge in [-0.1, -0.05) is 24.3 Å². The van der Waals surface area contributed by atoms with E-state index in [0.29, 0.717) is 6.07 Å². The molecule has 0 aliphatic rings. The van der Waals surface area contributed by atoms with Crippen LogP contribution < -0.4 is 4.72 Å². The summed E-state index contributed by atoms with van der Waals surface area (Å²) in [7, 11) is -3.90. The Morgan fingerprint density at radius 1 is 1.05 bits per heavy atom. The predicted molar refractivity (Wildman–Crippen MR) is 72.7 cm³/mol. The Labute approximate surface area is 121 Å². The van der Waals surface area contributed by atoms with Gasteiger partial charge in [0, 0.05) is 18.2 Å². The number of hydrogen-bond acceptors (Lipinski definition) is 3. The van der Waals surface area contributed by atoms with Crippen molar-refractivity contribution in [3.63, 3.8) is 0 Å². The number of aliphatic hydroxyl groups is 1. The van der Waals surface area contributed by atoms with Crippen molar-refractivity contribution < 1.29 is 22.3 Å². The molecule has 21 heavy (non-hydrogen) atoms. The molecule has 0 bridgehead atoms. The second-order valence-electron chi connectivity index (χ2n) is 4.33. The molecule has 0 atom stereocenters. The van der Waals surface area contributed by atoms with Crippen LogP contribution in [-0.2, 0) is 23.2 Å². The lowest BCUT2D eigenvalue weighted by Crippen LogP contribution is -2.24. The van der Waals surface area contributed by atoms with Gasteiger partial charge in [-0.05, 0) is 17.7 Å². The second kappa shape index (κ2) is 6.30. The highest BCUT2D eigenvalue weighted by Gasteiger charge is 2.18. The highest BCUT2D eigenvalue weighted by atomic mass is 32.2. The first-order valence-electron chi connectivity index (χ1n) is 6.06. The Hall–Kier alpha value is -1.83. The van der Waals surface area contributed by atoms with Crippen LogP contribution in [0.4, 0.5) is 8.78 Å². The summed E-state index contributed by atoms with van der Waals surface area (Å²) >= 11 is 0. The van der Waals surface area contributed by atoms with Crippen LogP contribution in [0.2, 0.25) is 0 Å². The fourth-order valence-corrected chi connectivity index (χ4v) is 3.05. The van der Waals surface area contributed by atoms with Crippen LogP contribution in [0, 0.1) is 11.6 Å². The number of halogens is 2. The summed E-state index contributed by atoms with van der Waals surface area (Å²) in [5, 5.41) is 9.15. The topological polar surface area (TPSA) is 66.4 Å². The lowest BCUT2D eigenvalue weighted by Gasteiger charge is -2.10. The highest BCUT2D eigenvalue weighted by Crippen LogP contribution is 2.16. The maximum absolute atomic E-state index is 13.5. The average Bonchev–Trinajstić information content (AvgIpc) is 2.46. The minimum absolute atomic E-state index is 0.0291. The SMILES string of the molecule is O=S(=O)(NCc1ccc(F)cc1F)c1ccccc1CO. The molecule has 0 aromatic heterocycles. The first kappa shape index (κ1) is 15.6. The zero-order valence-corrected chi connectivity index (χ0v) is 11.7. The largest absolute Gasteiger partial charge is 0.392 e. The number of hydrogen-bond donors (Lipinski definition) is 2. The third-order valence-corrected chi connectivity index (χ3v) is 4.40. The summed E-state index contributed by atoms with van der Waals surface area (Å²) in [6, 6.07) is 8.85. The van der Waals surface area contributed by atoms with Crippen molar-refractivity contribution in [2.45, 2.75) is 18.0 Å². The molecule has 0 heterocycles. The predicted octanol–water partition coefficient (Wildman–Crippen LogP) is 1.94. The highest BCUT2D eigenvalue weighted by molar-refractivity contribution is 7.89. The molecular formula is C14H13F2NO3S. The van der Waals surface area contributed by atoms with Gasteiger partial charge in [-0.15, -0.1) is 0 Å². The van der Waals surface area contributed by atoms with E-state index in [1.165, 1.54) is 24.3 Å². The van der Waals surface area contributed by atoms with Crippen LogP contribution in [0.5, 0.6) is 0 Å². The summed E-state index contributed by atoms with van der Waals surface area (Å²) in [5.41, 5.74) is 0.269. The van der Waals surface area contributed by atoms with E-state index in [4.69, 9.17) is 5.11 Å². The van der Waals surface area contributed by atoms with E-state index in [1.54, 1.807) is 6.07 Å². The monoisotopic (exact) mass is 313 g/mol. The number of aliphatic hydroxyl groups excluding tert-OH is 1. The first-order valence-corrected chi connectivity index (χ1v) is 7.54. The van der Waals surface area contributed by atoms with Crippen molar-refractivity contribution in [1.29, 1.82) is 0 Å². The Morgan fingerprint density at radius 3 is 2.43 bits per heavy atom. The molecule has 112 valence electrons. The number of nitrogens with one attached hydrogen (secondary N) is 1. The van der Waals surface area contributed by atoms with E-state index < -0.39 is 28.3 Å². The zero-order valence-electron chi connectivity index (χ0n) is 10.9. The molecule has 2 rings (SSSR count). The van der Waals surface area contributed by atoms with Gasteiger partial charge in [-0.3, -0.25) is 0 Å². The zero-order chi connectivity index (χ0) is 15.5. The Kier molecular flexibility index (Phi) is 4.66. The van der Waals surface area contributed by atoms with E-state index in [0.717, 1.165) is 6.07 Å². The molecule has 4 nitrogen and oxygen atoms in total. The molecule has 0 saturated carbocycles. The fourth-order valence-electron chi connectivity index (χ4n) is 1.81. The molecule has 0 amide bonds. The van der Waals surface area contributed by atoms with E-state index in [-0.39, 0.29) is 22.6 Å². The molecule has 2 aromatic rings. The maximum Gasteiger partial charge on any atom is 0.241 e. The second-order valence-corrected chi connectivity index (χ2v) is 6.06. The number of rotatable bonds is 5. The quantitative estimate of drug-likeness (QED) is 0.886. The summed E-state index contributed by atoms with van der Waals surface area (Å²) in [4.78, 5) is -0.0741. The van der Waals surface area contributed by atoms with Gasteiger partial charge in [-0.2, -0.15) is 0 Å². The van der Waals surface area contributed by atoms with Gasteiger partial charge in [0.05, 0.1) is 11.5 Å². The molecular weight excluding hydrogens is 300 g/mol. The summed E-state index contributed by atoms with van der Waals surface area (Å²) in [5.74, 6) is -1.56. The van der Waals surface area contributed by atoms with Crippen molar-refractivity contribution >= 4 is 10.0 Å². The van der Waals surface area contributed by atoms with Crippen LogP contribution in [0.25, 0.3) is 0 Å². The van der Waals surface area contributed by atoms with E-state index in [2.05, 4.69) is 4.72 Å². The summed E-state index contributed by atoms with van der Waals surface area (Å²) < 4.78 is 52.8. The van der Waals surface area contributed by atoms with Crippen LogP contribution in [0.15, 0.2) is 47.4 Å². The molecule has 0 saturated heterocycles. The van der Waals surface area contributed by atoms with Gasteiger partial charge in [0.25, 0.3) is 0 Å². The van der Waals surface area contributed by atoms with Crippen molar-refractivity contribution in [2.24, 2.45) is 0 Å². The molecule has 0 aliphatic heterocycles. The van der Waals surface area contributed by atoms with E-state index >= 15 is 0 Å². The molecule has 2 aromatic carbocycles. The average molecular weight is 313 g/mol. The Morgan fingerprint density at radius 2 is 1.76 bits per heavy atom. The van der Waals surface area contributed by atoms with Gasteiger partial charge < -0.3 is 5.11 Å². The van der Waals surface area contributed by atoms with Crippen molar-refractivity contribution in [1.82, 2.24) is 4.72 Å². The van der Waals surface area contributed by atoms with Crippen LogP contribution in [-0.4, -0.2) is 13.5 Å². The van der Waals surface area contributed by atoms with Crippen LogP contribution in [0.1, 0.15) is 11.1 Å². The van der Waals surface area contributed by atoms with Crippen molar-refractivity contribution in [3.05, 3.63) is 65.2 Å². The lowest BCUT2D eigenvalue weighted by atomic mass is 10.2.